The molecule has 2 atom stereocenters. The molecule has 158 valence electrons. The summed E-state index contributed by atoms with van der Waals surface area (Å²) in [6.07, 6.45) is -0.196. The van der Waals surface area contributed by atoms with Crippen LogP contribution in [0.1, 0.15) is 24.2 Å². The van der Waals surface area contributed by atoms with Crippen LogP contribution in [0.2, 0.25) is 0 Å². The van der Waals surface area contributed by atoms with Crippen LogP contribution in [0.3, 0.4) is 0 Å². The Labute approximate surface area is 178 Å². The number of carbonyl (C=O) groups is 2. The van der Waals surface area contributed by atoms with Crippen LogP contribution in [0.5, 0.6) is 0 Å². The molecule has 1 aliphatic rings. The van der Waals surface area contributed by atoms with Crippen LogP contribution in [-0.2, 0) is 14.3 Å². The van der Waals surface area contributed by atoms with E-state index in [9.17, 15) is 19.7 Å². The third-order valence-corrected chi connectivity index (χ3v) is 5.55. The first kappa shape index (κ1) is 21.8. The zero-order valence-electron chi connectivity index (χ0n) is 16.6. The summed E-state index contributed by atoms with van der Waals surface area (Å²) < 4.78 is 10.8. The highest BCUT2D eigenvalue weighted by Crippen LogP contribution is 2.33. The summed E-state index contributed by atoms with van der Waals surface area (Å²) in [5.41, 5.74) is -0.170. The topological polar surface area (TPSA) is 99.0 Å². The van der Waals surface area contributed by atoms with Crippen LogP contribution >= 0.6 is 11.8 Å². The largest absolute Gasteiger partial charge is 0.452 e. The Balaban J connectivity index is 1.74. The minimum absolute atomic E-state index is 0.0505. The first-order valence-electron chi connectivity index (χ1n) is 9.45. The van der Waals surface area contributed by atoms with Gasteiger partial charge in [-0.05, 0) is 32.0 Å². The van der Waals surface area contributed by atoms with Crippen molar-refractivity contribution in [2.24, 2.45) is 0 Å². The number of nitro benzene ring substituents is 1. The van der Waals surface area contributed by atoms with Crippen molar-refractivity contribution < 1.29 is 24.0 Å². The molecule has 0 unspecified atom stereocenters. The van der Waals surface area contributed by atoms with E-state index in [0.717, 1.165) is 4.90 Å². The highest BCUT2D eigenvalue weighted by Gasteiger charge is 2.27. The fourth-order valence-corrected chi connectivity index (χ4v) is 4.11. The summed E-state index contributed by atoms with van der Waals surface area (Å²) in [4.78, 5) is 38.7. The van der Waals surface area contributed by atoms with Gasteiger partial charge in [0.25, 0.3) is 11.6 Å². The summed E-state index contributed by atoms with van der Waals surface area (Å²) in [5, 5.41) is 11.2. The van der Waals surface area contributed by atoms with Gasteiger partial charge in [0.2, 0.25) is 0 Å². The van der Waals surface area contributed by atoms with Crippen molar-refractivity contribution in [3.63, 3.8) is 0 Å². The molecule has 8 nitrogen and oxygen atoms in total. The number of esters is 1. The first-order valence-corrected chi connectivity index (χ1v) is 10.3. The molecule has 1 fully saturated rings. The second-order valence-corrected chi connectivity index (χ2v) is 8.10. The maximum atomic E-state index is 12.7. The minimum Gasteiger partial charge on any atom is -0.452 e. The normalized spacial score (nSPS) is 18.7. The average Bonchev–Trinajstić information content (AvgIpc) is 2.72. The third kappa shape index (κ3) is 5.58. The van der Waals surface area contributed by atoms with Crippen molar-refractivity contribution in [2.75, 3.05) is 19.7 Å². The number of hydrogen-bond donors (Lipinski definition) is 0. The van der Waals surface area contributed by atoms with Crippen LogP contribution in [0, 0.1) is 10.1 Å². The van der Waals surface area contributed by atoms with Crippen LogP contribution in [0.4, 0.5) is 5.69 Å². The lowest BCUT2D eigenvalue weighted by Gasteiger charge is -2.35. The van der Waals surface area contributed by atoms with Crippen molar-refractivity contribution in [1.29, 1.82) is 0 Å². The Hall–Kier alpha value is -2.91. The van der Waals surface area contributed by atoms with E-state index < -0.39 is 17.5 Å². The molecule has 0 saturated carbocycles. The quantitative estimate of drug-likeness (QED) is 0.393. The number of benzene rings is 2. The maximum Gasteiger partial charge on any atom is 0.340 e. The fourth-order valence-electron chi connectivity index (χ4n) is 3.17. The SMILES string of the molecule is C[C@@H]1CN(C(=O)COC(=O)c2cc([N+](=O)[O-])ccc2Sc2ccccc2)C[C@@H](C)O1. The summed E-state index contributed by atoms with van der Waals surface area (Å²) in [7, 11) is 0. The number of amides is 1. The molecule has 9 heteroatoms. The van der Waals surface area contributed by atoms with E-state index >= 15 is 0 Å². The van der Waals surface area contributed by atoms with Crippen LogP contribution < -0.4 is 0 Å². The van der Waals surface area contributed by atoms with E-state index in [0.29, 0.717) is 18.0 Å². The zero-order chi connectivity index (χ0) is 21.7. The molecule has 0 aliphatic carbocycles. The van der Waals surface area contributed by atoms with E-state index in [1.54, 1.807) is 4.90 Å². The van der Waals surface area contributed by atoms with E-state index in [1.165, 1.54) is 30.0 Å². The molecule has 3 rings (SSSR count). The van der Waals surface area contributed by atoms with Gasteiger partial charge in [0.1, 0.15) is 0 Å². The summed E-state index contributed by atoms with van der Waals surface area (Å²) in [5.74, 6) is -1.10. The molecular formula is C21H22N2O6S. The number of rotatable bonds is 6. The number of morpholine rings is 1. The summed E-state index contributed by atoms with van der Waals surface area (Å²) >= 11 is 1.29. The highest BCUT2D eigenvalue weighted by molar-refractivity contribution is 7.99. The molecule has 0 aromatic heterocycles. The van der Waals surface area contributed by atoms with Crippen molar-refractivity contribution in [1.82, 2.24) is 4.90 Å². The predicted molar refractivity (Wildman–Crippen MR) is 111 cm³/mol. The van der Waals surface area contributed by atoms with E-state index in [-0.39, 0.29) is 29.4 Å². The van der Waals surface area contributed by atoms with Crippen molar-refractivity contribution in [3.8, 4) is 0 Å². The van der Waals surface area contributed by atoms with Gasteiger partial charge in [-0.15, -0.1) is 0 Å². The molecule has 0 radical (unpaired) electrons. The second kappa shape index (κ2) is 9.73. The van der Waals surface area contributed by atoms with Crippen LogP contribution in [0.15, 0.2) is 58.3 Å². The number of nitrogens with zero attached hydrogens (tertiary/aromatic N) is 2. The van der Waals surface area contributed by atoms with E-state index in [4.69, 9.17) is 9.47 Å². The van der Waals surface area contributed by atoms with Crippen molar-refractivity contribution in [2.45, 2.75) is 35.8 Å². The van der Waals surface area contributed by atoms with Gasteiger partial charge in [0, 0.05) is 35.0 Å². The monoisotopic (exact) mass is 430 g/mol. The molecule has 0 N–H and O–H groups in total. The fraction of sp³-hybridized carbons (Fsp3) is 0.333. The van der Waals surface area contributed by atoms with Gasteiger partial charge in [-0.3, -0.25) is 14.9 Å². The maximum absolute atomic E-state index is 12.7. The standard InChI is InChI=1S/C21H22N2O6S/c1-14-11-22(12-15(2)29-14)20(24)13-28-21(25)18-10-16(23(26)27)8-9-19(18)30-17-6-4-3-5-7-17/h3-10,14-15H,11-13H2,1-2H3/t14-,15-/m1/s1. The van der Waals surface area contributed by atoms with Gasteiger partial charge in [-0.1, -0.05) is 30.0 Å². The lowest BCUT2D eigenvalue weighted by atomic mass is 10.2. The third-order valence-electron chi connectivity index (χ3n) is 4.46. The average molecular weight is 430 g/mol. The molecule has 1 amide bonds. The molecule has 0 bridgehead atoms. The van der Waals surface area contributed by atoms with Crippen LogP contribution in [-0.4, -0.2) is 53.6 Å². The van der Waals surface area contributed by atoms with Crippen molar-refractivity contribution in [3.05, 3.63) is 64.2 Å². The highest BCUT2D eigenvalue weighted by atomic mass is 32.2. The van der Waals surface area contributed by atoms with E-state index in [2.05, 4.69) is 0 Å². The second-order valence-electron chi connectivity index (χ2n) is 6.98. The van der Waals surface area contributed by atoms with Gasteiger partial charge in [0.05, 0.1) is 22.7 Å². The Morgan fingerprint density at radius 3 is 2.47 bits per heavy atom. The molecule has 1 saturated heterocycles. The first-order chi connectivity index (χ1) is 14.3. The lowest BCUT2D eigenvalue weighted by molar-refractivity contribution is -0.384. The van der Waals surface area contributed by atoms with Gasteiger partial charge < -0.3 is 14.4 Å². The zero-order valence-corrected chi connectivity index (χ0v) is 17.5. The molecule has 30 heavy (non-hydrogen) atoms. The van der Waals surface area contributed by atoms with Crippen LogP contribution in [0.25, 0.3) is 0 Å². The van der Waals surface area contributed by atoms with Gasteiger partial charge in [0.15, 0.2) is 6.61 Å². The number of carbonyl (C=O) groups excluding carboxylic acids is 2. The number of ether oxygens (including phenoxy) is 2. The molecule has 0 spiro atoms. The number of hydrogen-bond acceptors (Lipinski definition) is 7. The molecule has 2 aromatic carbocycles. The molecular weight excluding hydrogens is 408 g/mol. The van der Waals surface area contributed by atoms with Crippen molar-refractivity contribution >= 4 is 29.3 Å². The molecule has 1 aliphatic heterocycles. The Kier molecular flexibility index (Phi) is 7.07. The van der Waals surface area contributed by atoms with Gasteiger partial charge in [-0.2, -0.15) is 0 Å². The minimum atomic E-state index is -0.778. The Bertz CT molecular complexity index is 926. The summed E-state index contributed by atoms with van der Waals surface area (Å²) in [6, 6.07) is 13.3. The Morgan fingerprint density at radius 2 is 1.83 bits per heavy atom. The lowest BCUT2D eigenvalue weighted by Crippen LogP contribution is -2.49. The Morgan fingerprint density at radius 1 is 1.17 bits per heavy atom. The number of non-ortho nitro benzene ring substituents is 1. The number of nitro groups is 1. The van der Waals surface area contributed by atoms with E-state index in [1.807, 2.05) is 44.2 Å². The van der Waals surface area contributed by atoms with Gasteiger partial charge >= 0.3 is 5.97 Å². The predicted octanol–water partition coefficient (Wildman–Crippen LogP) is 3.54. The van der Waals surface area contributed by atoms with Gasteiger partial charge in [-0.25, -0.2) is 4.79 Å². The smallest absolute Gasteiger partial charge is 0.340 e. The molecule has 2 aromatic rings. The summed E-state index contributed by atoms with van der Waals surface area (Å²) in [6.45, 7) is 4.16. The molecule has 1 heterocycles.